The Bertz CT molecular complexity index is 1350. The number of carbonyl (C=O) groups is 1. The first-order valence-corrected chi connectivity index (χ1v) is 14.5. The van der Waals surface area contributed by atoms with Crippen LogP contribution in [0.4, 0.5) is 10.5 Å². The van der Waals surface area contributed by atoms with Gasteiger partial charge in [0.05, 0.1) is 18.8 Å². The summed E-state index contributed by atoms with van der Waals surface area (Å²) in [6, 6.07) is 24.8. The van der Waals surface area contributed by atoms with Gasteiger partial charge in [0, 0.05) is 30.0 Å². The maximum Gasteiger partial charge on any atom is 0.319 e. The van der Waals surface area contributed by atoms with Crippen molar-refractivity contribution >= 4 is 34.8 Å². The highest BCUT2D eigenvalue weighted by Crippen LogP contribution is 2.39. The molecule has 2 heterocycles. The Balaban J connectivity index is 1.24. The summed E-state index contributed by atoms with van der Waals surface area (Å²) in [4.78, 5) is 12.4. The summed E-state index contributed by atoms with van der Waals surface area (Å²) < 4.78 is 13.7. The molecule has 0 spiro atoms. The van der Waals surface area contributed by atoms with E-state index in [-0.39, 0.29) is 24.8 Å². The second kappa shape index (κ2) is 13.2. The molecule has 8 nitrogen and oxygen atoms in total. The number of aromatic nitrogens is 2. The third-order valence-electron chi connectivity index (χ3n) is 6.25. The summed E-state index contributed by atoms with van der Waals surface area (Å²) >= 11 is 3.21. The molecule has 1 aromatic heterocycles. The molecule has 0 bridgehead atoms. The van der Waals surface area contributed by atoms with Crippen molar-refractivity contribution in [2.45, 2.75) is 49.3 Å². The van der Waals surface area contributed by atoms with Gasteiger partial charge in [-0.2, -0.15) is 0 Å². The maximum absolute atomic E-state index is 12.4. The van der Waals surface area contributed by atoms with Crippen LogP contribution >= 0.6 is 23.1 Å². The highest BCUT2D eigenvalue weighted by molar-refractivity contribution is 8.01. The van der Waals surface area contributed by atoms with Gasteiger partial charge in [-0.05, 0) is 35.7 Å². The predicted octanol–water partition coefficient (Wildman–Crippen LogP) is 6.00. The van der Waals surface area contributed by atoms with E-state index in [4.69, 9.17) is 9.47 Å². The monoisotopic (exact) mass is 562 g/mol. The molecule has 3 unspecified atom stereocenters. The van der Waals surface area contributed by atoms with Crippen LogP contribution in [-0.2, 0) is 22.6 Å². The van der Waals surface area contributed by atoms with Gasteiger partial charge in [0.2, 0.25) is 0 Å². The Hall–Kier alpha value is -3.28. The van der Waals surface area contributed by atoms with Crippen molar-refractivity contribution < 1.29 is 19.4 Å². The number of aliphatic hydroxyl groups is 1. The van der Waals surface area contributed by atoms with E-state index in [0.29, 0.717) is 18.7 Å². The van der Waals surface area contributed by atoms with E-state index in [0.717, 1.165) is 37.4 Å². The Kier molecular flexibility index (Phi) is 9.23. The minimum Gasteiger partial charge on any atom is -0.392 e. The molecule has 2 amide bonds. The van der Waals surface area contributed by atoms with E-state index < -0.39 is 6.29 Å². The highest BCUT2D eigenvalue weighted by atomic mass is 32.2. The number of thioether (sulfide) groups is 1. The highest BCUT2D eigenvalue weighted by Gasteiger charge is 2.32. The molecule has 39 heavy (non-hydrogen) atoms. The number of amides is 2. The molecule has 4 aromatic rings. The molecule has 5 rings (SSSR count). The van der Waals surface area contributed by atoms with Gasteiger partial charge in [-0.15, -0.1) is 10.2 Å². The fourth-order valence-electron chi connectivity index (χ4n) is 4.20. The van der Waals surface area contributed by atoms with Crippen molar-refractivity contribution in [2.75, 3.05) is 11.1 Å². The summed E-state index contributed by atoms with van der Waals surface area (Å²) in [6.07, 6.45) is -0.105. The standard InChI is InChI=1S/C29H30N4O4S2/c1-19-32-33-29(39-19)38-18-25-15-26(22-9-7-21(17-34)8-10-22)37-27(36-25)23-11-13-24(14-12-23)31-28(35)30-16-20-5-3-2-4-6-20/h2-14,25-27,34H,15-18H2,1H3,(H2,30,31,35). The Morgan fingerprint density at radius 3 is 2.41 bits per heavy atom. The lowest BCUT2D eigenvalue weighted by Gasteiger charge is -2.36. The Labute approximate surface area is 235 Å². The average molecular weight is 563 g/mol. The number of rotatable bonds is 9. The van der Waals surface area contributed by atoms with Crippen LogP contribution in [-0.4, -0.2) is 33.2 Å². The molecule has 1 aliphatic heterocycles. The summed E-state index contributed by atoms with van der Waals surface area (Å²) in [5, 5.41) is 24.4. The zero-order valence-electron chi connectivity index (χ0n) is 21.4. The molecule has 0 aliphatic carbocycles. The molecule has 1 aliphatic rings. The van der Waals surface area contributed by atoms with E-state index in [1.54, 1.807) is 23.1 Å². The minimum atomic E-state index is -0.566. The second-order valence-electron chi connectivity index (χ2n) is 9.16. The quantitative estimate of drug-likeness (QED) is 0.215. The minimum absolute atomic E-state index is 0.00271. The Morgan fingerprint density at radius 1 is 0.974 bits per heavy atom. The van der Waals surface area contributed by atoms with Crippen LogP contribution in [0.2, 0.25) is 0 Å². The molecule has 202 valence electrons. The van der Waals surface area contributed by atoms with E-state index in [1.807, 2.05) is 85.8 Å². The van der Waals surface area contributed by atoms with Gasteiger partial charge in [-0.1, -0.05) is 89.8 Å². The first kappa shape index (κ1) is 27.3. The van der Waals surface area contributed by atoms with Crippen molar-refractivity contribution in [2.24, 2.45) is 0 Å². The van der Waals surface area contributed by atoms with Crippen LogP contribution in [0.3, 0.4) is 0 Å². The zero-order valence-corrected chi connectivity index (χ0v) is 23.1. The topological polar surface area (TPSA) is 106 Å². The smallest absolute Gasteiger partial charge is 0.319 e. The largest absolute Gasteiger partial charge is 0.392 e. The number of ether oxygens (including phenoxy) is 2. The number of benzene rings is 3. The number of urea groups is 1. The lowest BCUT2D eigenvalue weighted by Crippen LogP contribution is -2.31. The molecular formula is C29H30N4O4S2. The van der Waals surface area contributed by atoms with E-state index >= 15 is 0 Å². The van der Waals surface area contributed by atoms with Crippen molar-refractivity contribution in [1.29, 1.82) is 0 Å². The van der Waals surface area contributed by atoms with Crippen LogP contribution in [0.15, 0.2) is 83.2 Å². The lowest BCUT2D eigenvalue weighted by atomic mass is 10.0. The maximum atomic E-state index is 12.4. The van der Waals surface area contributed by atoms with Gasteiger partial charge in [0.25, 0.3) is 0 Å². The predicted molar refractivity (Wildman–Crippen MR) is 153 cm³/mol. The first-order valence-electron chi connectivity index (χ1n) is 12.7. The second-order valence-corrected chi connectivity index (χ2v) is 11.6. The van der Waals surface area contributed by atoms with Crippen molar-refractivity contribution in [3.05, 3.63) is 106 Å². The first-order chi connectivity index (χ1) is 19.1. The van der Waals surface area contributed by atoms with E-state index in [2.05, 4.69) is 20.8 Å². The fourth-order valence-corrected chi connectivity index (χ4v) is 6.06. The van der Waals surface area contributed by atoms with Crippen LogP contribution in [0.5, 0.6) is 0 Å². The molecule has 1 saturated heterocycles. The van der Waals surface area contributed by atoms with Crippen molar-refractivity contribution in [1.82, 2.24) is 15.5 Å². The van der Waals surface area contributed by atoms with Gasteiger partial charge in [0.1, 0.15) is 5.01 Å². The lowest BCUT2D eigenvalue weighted by molar-refractivity contribution is -0.245. The number of hydrogen-bond acceptors (Lipinski definition) is 8. The SMILES string of the molecule is Cc1nnc(SCC2CC(c3ccc(CO)cc3)OC(c3ccc(NC(=O)NCc4ccccc4)cc3)O2)s1. The number of nitrogens with one attached hydrogen (secondary N) is 2. The van der Waals surface area contributed by atoms with Gasteiger partial charge in [0.15, 0.2) is 10.6 Å². The summed E-state index contributed by atoms with van der Waals surface area (Å²) in [5.74, 6) is 0.723. The summed E-state index contributed by atoms with van der Waals surface area (Å²) in [5.41, 5.74) is 4.47. The van der Waals surface area contributed by atoms with Crippen LogP contribution in [0.1, 0.15) is 46.1 Å². The van der Waals surface area contributed by atoms with Gasteiger partial charge >= 0.3 is 6.03 Å². The van der Waals surface area contributed by atoms with Gasteiger partial charge in [-0.3, -0.25) is 0 Å². The normalized spacial score (nSPS) is 19.0. The van der Waals surface area contributed by atoms with Crippen molar-refractivity contribution in [3.8, 4) is 0 Å². The third-order valence-corrected chi connectivity index (χ3v) is 8.36. The van der Waals surface area contributed by atoms with E-state index in [9.17, 15) is 9.90 Å². The number of hydrogen-bond donors (Lipinski definition) is 3. The summed E-state index contributed by atoms with van der Waals surface area (Å²) in [6.45, 7) is 2.40. The van der Waals surface area contributed by atoms with Crippen LogP contribution in [0, 0.1) is 6.92 Å². The number of carbonyl (C=O) groups excluding carboxylic acids is 1. The molecule has 3 atom stereocenters. The van der Waals surface area contributed by atoms with Crippen molar-refractivity contribution in [3.63, 3.8) is 0 Å². The molecule has 0 saturated carbocycles. The van der Waals surface area contributed by atoms with Gasteiger partial charge < -0.3 is 25.2 Å². The number of anilines is 1. The number of nitrogens with zero attached hydrogens (tertiary/aromatic N) is 2. The molecule has 10 heteroatoms. The van der Waals surface area contributed by atoms with E-state index in [1.165, 1.54) is 0 Å². The average Bonchev–Trinajstić information content (AvgIpc) is 3.40. The molecular weight excluding hydrogens is 532 g/mol. The molecule has 3 N–H and O–H groups in total. The molecule has 1 fully saturated rings. The molecule has 0 radical (unpaired) electrons. The third kappa shape index (κ3) is 7.65. The van der Waals surface area contributed by atoms with Gasteiger partial charge in [-0.25, -0.2) is 4.79 Å². The number of aryl methyl sites for hydroxylation is 1. The van der Waals surface area contributed by atoms with Crippen LogP contribution < -0.4 is 10.6 Å². The summed E-state index contributed by atoms with van der Waals surface area (Å²) in [7, 11) is 0. The van der Waals surface area contributed by atoms with Crippen LogP contribution in [0.25, 0.3) is 0 Å². The molecule has 3 aromatic carbocycles. The Morgan fingerprint density at radius 2 is 1.72 bits per heavy atom. The fraction of sp³-hybridized carbons (Fsp3) is 0.276. The zero-order chi connectivity index (χ0) is 27.0. The number of aliphatic hydroxyl groups excluding tert-OH is 1.